The van der Waals surface area contributed by atoms with Crippen LogP contribution < -0.4 is 5.32 Å². The van der Waals surface area contributed by atoms with Gasteiger partial charge in [-0.3, -0.25) is 0 Å². The monoisotopic (exact) mass is 688 g/mol. The molecule has 1 N–H and O–H groups in total. The predicted octanol–water partition coefficient (Wildman–Crippen LogP) is 5.48. The lowest BCUT2D eigenvalue weighted by Crippen LogP contribution is -2.48. The largest absolute Gasteiger partial charge is 0.500 e. The molecule has 0 aromatic rings. The number of thiocarbonyl (C=S) groups is 1. The highest BCUT2D eigenvalue weighted by molar-refractivity contribution is 7.80. The van der Waals surface area contributed by atoms with E-state index in [1.165, 1.54) is 0 Å². The summed E-state index contributed by atoms with van der Waals surface area (Å²) in [6.07, 6.45) is 2.48. The van der Waals surface area contributed by atoms with Crippen molar-refractivity contribution in [2.45, 2.75) is 99.7 Å². The summed E-state index contributed by atoms with van der Waals surface area (Å²) in [5, 5.41) is 4.19. The fourth-order valence-corrected chi connectivity index (χ4v) is 13.0. The third kappa shape index (κ3) is 17.5. The van der Waals surface area contributed by atoms with Crippen LogP contribution in [0.25, 0.3) is 0 Å². The minimum Gasteiger partial charge on any atom is -0.374 e. The Morgan fingerprint density at radius 1 is 0.465 bits per heavy atom. The summed E-state index contributed by atoms with van der Waals surface area (Å²) < 4.78 is 54.5. The van der Waals surface area contributed by atoms with Crippen molar-refractivity contribution in [3.63, 3.8) is 0 Å². The van der Waals surface area contributed by atoms with E-state index in [9.17, 15) is 0 Å². The normalized spacial score (nSPS) is 12.6. The molecule has 0 saturated heterocycles. The van der Waals surface area contributed by atoms with Gasteiger partial charge in [-0.05, 0) is 93.8 Å². The second-order valence-corrected chi connectivity index (χ2v) is 18.1. The quantitative estimate of drug-likeness (QED) is 0.0588. The first-order chi connectivity index (χ1) is 20.7. The third-order valence-electron chi connectivity index (χ3n) is 6.32. The Morgan fingerprint density at radius 3 is 0.977 bits per heavy atom. The molecule has 0 unspecified atom stereocenters. The molecule has 11 nitrogen and oxygen atoms in total. The summed E-state index contributed by atoms with van der Waals surface area (Å²) in [7, 11) is -8.19. The first-order valence-electron chi connectivity index (χ1n) is 16.5. The van der Waals surface area contributed by atoms with Crippen molar-refractivity contribution in [2.24, 2.45) is 0 Å². The molecule has 0 aliphatic heterocycles. The lowest BCUT2D eigenvalue weighted by atomic mass is 10.3. The fraction of sp³-hybridized carbons (Fsp3) is 0.964. The Kier molecular flexibility index (Phi) is 26.1. The van der Waals surface area contributed by atoms with Gasteiger partial charge >= 0.3 is 26.4 Å². The van der Waals surface area contributed by atoms with Crippen molar-refractivity contribution >= 4 is 43.7 Å². The zero-order chi connectivity index (χ0) is 32.5. The molecular weight excluding hydrogens is 625 g/mol. The molecule has 15 heteroatoms. The Bertz CT molecular complexity index is 606. The van der Waals surface area contributed by atoms with Gasteiger partial charge in [-0.15, -0.1) is 0 Å². The molecule has 0 saturated carbocycles. The zero-order valence-electron chi connectivity index (χ0n) is 28.8. The SMILES string of the molecule is CCO[Si](CCCNC(=S)N(CCC[Si](OCC)(OCC)OCC)CCC[Si](OCC)(OCC)OCC)(OCC)OCC. The molecule has 0 heterocycles. The number of hydrogen-bond donors (Lipinski definition) is 1. The van der Waals surface area contributed by atoms with Crippen LogP contribution in [-0.4, -0.2) is 116 Å². The lowest BCUT2D eigenvalue weighted by Gasteiger charge is -2.32. The van der Waals surface area contributed by atoms with Gasteiger partial charge in [-0.1, -0.05) is 0 Å². The van der Waals surface area contributed by atoms with E-state index >= 15 is 0 Å². The summed E-state index contributed by atoms with van der Waals surface area (Å²) in [4.78, 5) is 2.22. The summed E-state index contributed by atoms with van der Waals surface area (Å²) in [6, 6.07) is 2.18. The second-order valence-electron chi connectivity index (χ2n) is 9.48. The molecular formula is C28H64N2O9SSi3. The Labute approximate surface area is 272 Å². The van der Waals surface area contributed by atoms with Gasteiger partial charge in [-0.25, -0.2) is 0 Å². The lowest BCUT2D eigenvalue weighted by molar-refractivity contribution is 0.0696. The molecule has 0 bridgehead atoms. The van der Waals surface area contributed by atoms with Crippen LogP contribution in [0.15, 0.2) is 0 Å². The average molecular weight is 689 g/mol. The number of nitrogens with zero attached hydrogens (tertiary/aromatic N) is 1. The molecule has 0 aromatic carbocycles. The summed E-state index contributed by atoms with van der Waals surface area (Å²) >= 11 is 5.92. The number of nitrogens with one attached hydrogen (secondary N) is 1. The van der Waals surface area contributed by atoms with Crippen LogP contribution in [0.2, 0.25) is 18.1 Å². The van der Waals surface area contributed by atoms with Crippen LogP contribution in [0.1, 0.15) is 81.6 Å². The van der Waals surface area contributed by atoms with Crippen molar-refractivity contribution in [1.29, 1.82) is 0 Å². The first kappa shape index (κ1) is 43.0. The predicted molar refractivity (Wildman–Crippen MR) is 182 cm³/mol. The topological polar surface area (TPSA) is 98.3 Å². The van der Waals surface area contributed by atoms with Gasteiger partial charge in [0.05, 0.1) is 0 Å². The third-order valence-corrected chi connectivity index (χ3v) is 16.2. The van der Waals surface area contributed by atoms with Crippen LogP contribution in [0.5, 0.6) is 0 Å². The van der Waals surface area contributed by atoms with E-state index in [0.717, 1.165) is 50.5 Å². The van der Waals surface area contributed by atoms with E-state index in [0.29, 0.717) is 71.1 Å². The van der Waals surface area contributed by atoms with Crippen molar-refractivity contribution in [2.75, 3.05) is 79.1 Å². The molecule has 43 heavy (non-hydrogen) atoms. The number of rotatable bonds is 30. The average Bonchev–Trinajstić information content (AvgIpc) is 2.96. The molecule has 0 spiro atoms. The Balaban J connectivity index is 5.54. The summed E-state index contributed by atoms with van der Waals surface area (Å²) in [6.45, 7) is 25.1. The van der Waals surface area contributed by atoms with Gasteiger partial charge in [0.2, 0.25) is 0 Å². The van der Waals surface area contributed by atoms with E-state index in [1.807, 2.05) is 62.3 Å². The highest BCUT2D eigenvalue weighted by Gasteiger charge is 2.42. The molecule has 0 rings (SSSR count). The standard InChI is InChI=1S/C28H64N2O9SSi3/c1-10-31-41(32-11-2,33-12-3)25-19-22-29-28(40)30(23-20-26-42(34-13-4,35-14-5)36-15-6)24-21-27-43(37-16-7,38-17-8)39-18-9/h10-27H2,1-9H3,(H,29,40). The molecule has 0 radical (unpaired) electrons. The minimum absolute atomic E-state index is 0.560. The van der Waals surface area contributed by atoms with Gasteiger partial charge in [0.15, 0.2) is 5.11 Å². The van der Waals surface area contributed by atoms with E-state index in [1.54, 1.807) is 0 Å². The van der Waals surface area contributed by atoms with Gasteiger partial charge in [0.25, 0.3) is 0 Å². The Hall–Kier alpha value is -0.0194. The zero-order valence-corrected chi connectivity index (χ0v) is 32.6. The molecule has 0 aliphatic rings. The first-order valence-corrected chi connectivity index (χ1v) is 22.7. The highest BCUT2D eigenvalue weighted by Crippen LogP contribution is 2.22. The molecule has 0 aliphatic carbocycles. The summed E-state index contributed by atoms with van der Waals surface area (Å²) in [5.74, 6) is 0. The second kappa shape index (κ2) is 26.1. The molecule has 258 valence electrons. The van der Waals surface area contributed by atoms with Gasteiger partial charge < -0.3 is 50.1 Å². The highest BCUT2D eigenvalue weighted by atomic mass is 32.1. The van der Waals surface area contributed by atoms with E-state index in [4.69, 9.17) is 52.1 Å². The van der Waals surface area contributed by atoms with Gasteiger partial charge in [0, 0.05) is 97.2 Å². The van der Waals surface area contributed by atoms with E-state index in [-0.39, 0.29) is 0 Å². The van der Waals surface area contributed by atoms with Gasteiger partial charge in [0.1, 0.15) is 0 Å². The smallest absolute Gasteiger partial charge is 0.374 e. The molecule has 0 atom stereocenters. The molecule has 0 fully saturated rings. The van der Waals surface area contributed by atoms with Crippen molar-refractivity contribution in [3.8, 4) is 0 Å². The van der Waals surface area contributed by atoms with Crippen LogP contribution in [0, 0.1) is 0 Å². The van der Waals surface area contributed by atoms with Gasteiger partial charge in [-0.2, -0.15) is 0 Å². The van der Waals surface area contributed by atoms with Crippen LogP contribution in [0.4, 0.5) is 0 Å². The molecule has 0 aromatic heterocycles. The maximum atomic E-state index is 6.08. The van der Waals surface area contributed by atoms with Crippen LogP contribution in [0.3, 0.4) is 0 Å². The van der Waals surface area contributed by atoms with Crippen LogP contribution >= 0.6 is 12.2 Å². The fourth-order valence-electron chi connectivity index (χ4n) is 4.90. The van der Waals surface area contributed by atoms with E-state index < -0.39 is 26.4 Å². The van der Waals surface area contributed by atoms with Crippen molar-refractivity contribution < 1.29 is 39.8 Å². The molecule has 0 amide bonds. The number of hydrogen-bond acceptors (Lipinski definition) is 10. The van der Waals surface area contributed by atoms with Crippen molar-refractivity contribution in [3.05, 3.63) is 0 Å². The van der Waals surface area contributed by atoms with Crippen LogP contribution in [-0.2, 0) is 39.8 Å². The summed E-state index contributed by atoms with van der Waals surface area (Å²) in [5.41, 5.74) is 0. The minimum atomic E-state index is -2.75. The Morgan fingerprint density at radius 2 is 0.721 bits per heavy atom. The van der Waals surface area contributed by atoms with E-state index in [2.05, 4.69) is 10.2 Å². The maximum absolute atomic E-state index is 6.08. The van der Waals surface area contributed by atoms with Crippen molar-refractivity contribution in [1.82, 2.24) is 10.2 Å². The maximum Gasteiger partial charge on any atom is 0.500 e.